The van der Waals surface area contributed by atoms with Crippen molar-refractivity contribution in [3.05, 3.63) is 101 Å². The van der Waals surface area contributed by atoms with Crippen LogP contribution in [0.2, 0.25) is 0 Å². The standard InChI is InChI=1S/C26H24F2N4O3/c1-4-20(15-29-3)32-26(34)23-13-21(8-9-30-23)35-24-7-5-6-22(16(24)2)25(33)31-14-17-10-18(27)12-19(28)11-17/h4-13,15H,14H2,1-3H3,(H,31,33)(H,32,34)/b20-4+,29-15?. The molecule has 0 saturated carbocycles. The Morgan fingerprint density at radius 1 is 1.09 bits per heavy atom. The number of carbonyl (C=O) groups is 2. The van der Waals surface area contributed by atoms with Crippen LogP contribution in [0.15, 0.2) is 71.5 Å². The Labute approximate surface area is 201 Å². The van der Waals surface area contributed by atoms with E-state index in [1.165, 1.54) is 18.5 Å². The number of halogens is 2. The molecule has 0 aliphatic heterocycles. The third kappa shape index (κ3) is 6.80. The SMILES string of the molecule is C/C=C(\C=NC)NC(=O)c1cc(Oc2cccc(C(=O)NCc3cc(F)cc(F)c3)c2C)ccn1. The van der Waals surface area contributed by atoms with E-state index in [2.05, 4.69) is 20.6 Å². The fourth-order valence-corrected chi connectivity index (χ4v) is 3.20. The highest BCUT2D eigenvalue weighted by Crippen LogP contribution is 2.27. The summed E-state index contributed by atoms with van der Waals surface area (Å²) in [4.78, 5) is 33.2. The van der Waals surface area contributed by atoms with Crippen LogP contribution in [-0.4, -0.2) is 30.1 Å². The van der Waals surface area contributed by atoms with Crippen molar-refractivity contribution in [2.45, 2.75) is 20.4 Å². The molecule has 35 heavy (non-hydrogen) atoms. The lowest BCUT2D eigenvalue weighted by molar-refractivity contribution is 0.0946. The highest BCUT2D eigenvalue weighted by Gasteiger charge is 2.15. The molecule has 9 heteroatoms. The van der Waals surface area contributed by atoms with Crippen molar-refractivity contribution in [2.75, 3.05) is 7.05 Å². The Morgan fingerprint density at radius 3 is 2.51 bits per heavy atom. The number of amides is 2. The predicted octanol–water partition coefficient (Wildman–Crippen LogP) is 4.72. The number of aliphatic imine (C=N–C) groups is 1. The molecule has 1 heterocycles. The Bertz CT molecular complexity index is 1290. The second-order valence-electron chi connectivity index (χ2n) is 7.45. The molecule has 0 saturated heterocycles. The average molecular weight is 478 g/mol. The fourth-order valence-electron chi connectivity index (χ4n) is 3.20. The van der Waals surface area contributed by atoms with E-state index in [1.807, 2.05) is 0 Å². The maximum absolute atomic E-state index is 13.4. The topological polar surface area (TPSA) is 92.7 Å². The highest BCUT2D eigenvalue weighted by atomic mass is 19.1. The van der Waals surface area contributed by atoms with E-state index >= 15 is 0 Å². The van der Waals surface area contributed by atoms with Crippen molar-refractivity contribution in [3.63, 3.8) is 0 Å². The fraction of sp³-hybridized carbons (Fsp3) is 0.154. The monoisotopic (exact) mass is 478 g/mol. The highest BCUT2D eigenvalue weighted by molar-refractivity contribution is 5.98. The lowest BCUT2D eigenvalue weighted by Gasteiger charge is -2.13. The van der Waals surface area contributed by atoms with E-state index < -0.39 is 23.4 Å². The third-order valence-corrected chi connectivity index (χ3v) is 4.93. The van der Waals surface area contributed by atoms with Crippen molar-refractivity contribution in [2.24, 2.45) is 4.99 Å². The van der Waals surface area contributed by atoms with Crippen LogP contribution in [0.4, 0.5) is 8.78 Å². The van der Waals surface area contributed by atoms with Gasteiger partial charge in [0.25, 0.3) is 11.8 Å². The van der Waals surface area contributed by atoms with Crippen LogP contribution in [0.3, 0.4) is 0 Å². The van der Waals surface area contributed by atoms with Crippen molar-refractivity contribution in [3.8, 4) is 11.5 Å². The summed E-state index contributed by atoms with van der Waals surface area (Å²) in [6.45, 7) is 3.44. The van der Waals surface area contributed by atoms with Crippen LogP contribution in [0.1, 0.15) is 38.9 Å². The molecule has 2 N–H and O–H groups in total. The van der Waals surface area contributed by atoms with Crippen molar-refractivity contribution < 1.29 is 23.1 Å². The second kappa shape index (κ2) is 11.6. The largest absolute Gasteiger partial charge is 0.457 e. The first-order valence-corrected chi connectivity index (χ1v) is 10.7. The van der Waals surface area contributed by atoms with E-state index in [0.717, 1.165) is 18.2 Å². The number of nitrogens with zero attached hydrogens (tertiary/aromatic N) is 2. The minimum atomic E-state index is -0.716. The van der Waals surface area contributed by atoms with Gasteiger partial charge in [-0.05, 0) is 49.7 Å². The van der Waals surface area contributed by atoms with E-state index in [1.54, 1.807) is 51.2 Å². The smallest absolute Gasteiger partial charge is 0.274 e. The van der Waals surface area contributed by atoms with Gasteiger partial charge in [-0.1, -0.05) is 12.1 Å². The molecule has 1 aromatic heterocycles. The van der Waals surface area contributed by atoms with Gasteiger partial charge in [0, 0.05) is 49.3 Å². The van der Waals surface area contributed by atoms with Gasteiger partial charge in [0.2, 0.25) is 0 Å². The molecule has 0 spiro atoms. The zero-order chi connectivity index (χ0) is 25.4. The number of hydrogen-bond acceptors (Lipinski definition) is 5. The molecule has 0 bridgehead atoms. The van der Waals surface area contributed by atoms with Gasteiger partial charge in [-0.2, -0.15) is 0 Å². The summed E-state index contributed by atoms with van der Waals surface area (Å²) < 4.78 is 32.7. The molecule has 2 aromatic carbocycles. The first-order chi connectivity index (χ1) is 16.8. The molecule has 0 aliphatic carbocycles. The number of benzene rings is 2. The van der Waals surface area contributed by atoms with Crippen LogP contribution in [0, 0.1) is 18.6 Å². The van der Waals surface area contributed by atoms with Crippen LogP contribution in [-0.2, 0) is 6.54 Å². The van der Waals surface area contributed by atoms with Gasteiger partial charge in [0.15, 0.2) is 0 Å². The van der Waals surface area contributed by atoms with Gasteiger partial charge in [0.1, 0.15) is 28.8 Å². The van der Waals surface area contributed by atoms with E-state index in [-0.39, 0.29) is 12.2 Å². The van der Waals surface area contributed by atoms with Crippen LogP contribution >= 0.6 is 0 Å². The molecule has 180 valence electrons. The van der Waals surface area contributed by atoms with Gasteiger partial charge >= 0.3 is 0 Å². The molecule has 0 unspecified atom stereocenters. The van der Waals surface area contributed by atoms with Gasteiger partial charge in [-0.25, -0.2) is 8.78 Å². The van der Waals surface area contributed by atoms with Crippen molar-refractivity contribution in [1.82, 2.24) is 15.6 Å². The van der Waals surface area contributed by atoms with Crippen molar-refractivity contribution >= 4 is 18.0 Å². The first kappa shape index (κ1) is 25.2. The summed E-state index contributed by atoms with van der Waals surface area (Å²) in [7, 11) is 1.60. The number of rotatable bonds is 8. The van der Waals surface area contributed by atoms with Crippen LogP contribution < -0.4 is 15.4 Å². The zero-order valence-electron chi connectivity index (χ0n) is 19.4. The van der Waals surface area contributed by atoms with Crippen LogP contribution in [0.25, 0.3) is 0 Å². The van der Waals surface area contributed by atoms with Gasteiger partial charge in [0.05, 0.1) is 5.70 Å². The average Bonchev–Trinajstić information content (AvgIpc) is 2.83. The molecule has 2 amide bonds. The molecule has 7 nitrogen and oxygen atoms in total. The number of pyridine rings is 1. The summed E-state index contributed by atoms with van der Waals surface area (Å²) in [5, 5.41) is 5.35. The number of ether oxygens (including phenoxy) is 1. The summed E-state index contributed by atoms with van der Waals surface area (Å²) in [6, 6.07) is 11.1. The molecule has 3 rings (SSSR count). The molecule has 0 radical (unpaired) electrons. The van der Waals surface area contributed by atoms with Gasteiger partial charge in [-0.3, -0.25) is 19.6 Å². The second-order valence-corrected chi connectivity index (χ2v) is 7.45. The van der Waals surface area contributed by atoms with Crippen molar-refractivity contribution in [1.29, 1.82) is 0 Å². The van der Waals surface area contributed by atoms with E-state index in [4.69, 9.17) is 4.74 Å². The number of nitrogens with one attached hydrogen (secondary N) is 2. The zero-order valence-corrected chi connectivity index (χ0v) is 19.4. The minimum absolute atomic E-state index is 0.0439. The Hall–Kier alpha value is -4.40. The molecule has 0 aliphatic rings. The Kier molecular flexibility index (Phi) is 8.39. The summed E-state index contributed by atoms with van der Waals surface area (Å²) in [5.41, 5.74) is 1.85. The quantitative estimate of drug-likeness (QED) is 0.458. The Morgan fingerprint density at radius 2 is 1.83 bits per heavy atom. The maximum atomic E-state index is 13.4. The summed E-state index contributed by atoms with van der Waals surface area (Å²) in [5.74, 6) is -1.53. The summed E-state index contributed by atoms with van der Waals surface area (Å²) >= 11 is 0. The molecule has 0 atom stereocenters. The third-order valence-electron chi connectivity index (χ3n) is 4.93. The minimum Gasteiger partial charge on any atom is -0.457 e. The number of allylic oxidation sites excluding steroid dienone is 2. The number of aromatic nitrogens is 1. The van der Waals surface area contributed by atoms with E-state index in [0.29, 0.717) is 33.9 Å². The van der Waals surface area contributed by atoms with E-state index in [9.17, 15) is 18.4 Å². The molecule has 0 fully saturated rings. The molecule has 3 aromatic rings. The lowest BCUT2D eigenvalue weighted by Crippen LogP contribution is -2.24. The number of hydrogen-bond donors (Lipinski definition) is 2. The Balaban J connectivity index is 1.73. The normalized spacial score (nSPS) is 11.4. The lowest BCUT2D eigenvalue weighted by atomic mass is 10.1. The number of carbonyl (C=O) groups excluding carboxylic acids is 2. The van der Waals surface area contributed by atoms with Crippen LogP contribution in [0.5, 0.6) is 11.5 Å². The molecular formula is C26H24F2N4O3. The molecular weight excluding hydrogens is 454 g/mol. The van der Waals surface area contributed by atoms with Gasteiger partial charge in [-0.15, -0.1) is 0 Å². The van der Waals surface area contributed by atoms with Gasteiger partial charge < -0.3 is 15.4 Å². The maximum Gasteiger partial charge on any atom is 0.274 e. The first-order valence-electron chi connectivity index (χ1n) is 10.7. The predicted molar refractivity (Wildman–Crippen MR) is 129 cm³/mol. The summed E-state index contributed by atoms with van der Waals surface area (Å²) in [6.07, 6.45) is 4.66.